The fraction of sp³-hybridized carbons (Fsp3) is 0.625. The van der Waals surface area contributed by atoms with Crippen LogP contribution in [-0.4, -0.2) is 12.1 Å². The second-order valence-electron chi connectivity index (χ2n) is 6.14. The zero-order chi connectivity index (χ0) is 13.2. The van der Waals surface area contributed by atoms with Gasteiger partial charge in [-0.05, 0) is 49.3 Å². The van der Waals surface area contributed by atoms with Crippen LogP contribution < -0.4 is 11.1 Å². The van der Waals surface area contributed by atoms with Crippen LogP contribution in [0, 0.1) is 18.8 Å². The van der Waals surface area contributed by atoms with Gasteiger partial charge in [-0.1, -0.05) is 32.4 Å². The number of aryl methyl sites for hydroxylation is 1. The van der Waals surface area contributed by atoms with E-state index in [1.54, 1.807) is 0 Å². The first-order valence-corrected chi connectivity index (χ1v) is 7.10. The van der Waals surface area contributed by atoms with Gasteiger partial charge in [0, 0.05) is 12.2 Å². The third kappa shape index (κ3) is 2.69. The van der Waals surface area contributed by atoms with Gasteiger partial charge in [0.05, 0.1) is 5.54 Å². The molecule has 0 aliphatic heterocycles. The first kappa shape index (κ1) is 13.4. The van der Waals surface area contributed by atoms with Crippen LogP contribution in [0.25, 0.3) is 0 Å². The number of nitrogens with one attached hydrogen (secondary N) is 1. The maximum absolute atomic E-state index is 6.11. The van der Waals surface area contributed by atoms with Crippen molar-refractivity contribution >= 4 is 5.69 Å². The van der Waals surface area contributed by atoms with Crippen molar-refractivity contribution in [3.8, 4) is 0 Å². The molecule has 1 aromatic rings. The highest BCUT2D eigenvalue weighted by Crippen LogP contribution is 2.38. The Labute approximate surface area is 111 Å². The molecule has 1 saturated carbocycles. The summed E-state index contributed by atoms with van der Waals surface area (Å²) in [5.41, 5.74) is 8.69. The van der Waals surface area contributed by atoms with E-state index in [0.717, 1.165) is 5.92 Å². The van der Waals surface area contributed by atoms with Gasteiger partial charge in [0.25, 0.3) is 0 Å². The molecule has 0 radical (unpaired) electrons. The Morgan fingerprint density at radius 1 is 1.33 bits per heavy atom. The van der Waals surface area contributed by atoms with Crippen LogP contribution >= 0.6 is 0 Å². The quantitative estimate of drug-likeness (QED) is 0.856. The molecule has 1 aromatic carbocycles. The number of benzene rings is 1. The summed E-state index contributed by atoms with van der Waals surface area (Å²) in [6.07, 6.45) is 3.79. The summed E-state index contributed by atoms with van der Waals surface area (Å²) in [7, 11) is 0. The molecule has 2 rings (SSSR count). The normalized spacial score (nSPS) is 32.2. The number of rotatable bonds is 3. The standard InChI is InChI=1S/C16H26N2/c1-12-5-4-6-15(9-12)18-16(11-17)10-13(2)7-8-14(16)3/h4-6,9,13-14,18H,7-8,10-11,17H2,1-3H3. The summed E-state index contributed by atoms with van der Waals surface area (Å²) >= 11 is 0. The molecule has 100 valence electrons. The van der Waals surface area contributed by atoms with Gasteiger partial charge in [0.2, 0.25) is 0 Å². The van der Waals surface area contributed by atoms with Crippen LogP contribution in [0.15, 0.2) is 24.3 Å². The zero-order valence-corrected chi connectivity index (χ0v) is 11.9. The van der Waals surface area contributed by atoms with Gasteiger partial charge in [-0.15, -0.1) is 0 Å². The van der Waals surface area contributed by atoms with Crippen molar-refractivity contribution in [3.05, 3.63) is 29.8 Å². The molecule has 2 nitrogen and oxygen atoms in total. The summed E-state index contributed by atoms with van der Waals surface area (Å²) in [4.78, 5) is 0. The van der Waals surface area contributed by atoms with E-state index in [0.29, 0.717) is 12.5 Å². The average molecular weight is 246 g/mol. The molecule has 0 saturated heterocycles. The fourth-order valence-electron chi connectivity index (χ4n) is 3.26. The Kier molecular flexibility index (Phi) is 3.96. The van der Waals surface area contributed by atoms with Crippen molar-refractivity contribution in [2.24, 2.45) is 17.6 Å². The van der Waals surface area contributed by atoms with Gasteiger partial charge >= 0.3 is 0 Å². The van der Waals surface area contributed by atoms with Crippen LogP contribution in [0.4, 0.5) is 5.69 Å². The minimum atomic E-state index is 0.0749. The van der Waals surface area contributed by atoms with E-state index in [1.165, 1.54) is 30.5 Å². The zero-order valence-electron chi connectivity index (χ0n) is 11.9. The van der Waals surface area contributed by atoms with Gasteiger partial charge in [-0.3, -0.25) is 0 Å². The number of hydrogen-bond acceptors (Lipinski definition) is 2. The number of nitrogens with two attached hydrogens (primary N) is 1. The van der Waals surface area contributed by atoms with Crippen LogP contribution in [0.2, 0.25) is 0 Å². The largest absolute Gasteiger partial charge is 0.378 e. The fourth-order valence-corrected chi connectivity index (χ4v) is 3.26. The van der Waals surface area contributed by atoms with E-state index in [4.69, 9.17) is 5.73 Å². The molecular weight excluding hydrogens is 220 g/mol. The number of hydrogen-bond donors (Lipinski definition) is 2. The van der Waals surface area contributed by atoms with Crippen LogP contribution in [0.3, 0.4) is 0 Å². The number of anilines is 1. The summed E-state index contributed by atoms with van der Waals surface area (Å²) in [5.74, 6) is 1.40. The maximum atomic E-state index is 6.11. The van der Waals surface area contributed by atoms with Crippen LogP contribution in [-0.2, 0) is 0 Å². The molecule has 3 atom stereocenters. The molecule has 0 heterocycles. The Morgan fingerprint density at radius 2 is 2.11 bits per heavy atom. The maximum Gasteiger partial charge on any atom is 0.0523 e. The first-order chi connectivity index (χ1) is 8.55. The lowest BCUT2D eigenvalue weighted by Crippen LogP contribution is -2.54. The predicted octanol–water partition coefficient (Wildman–Crippen LogP) is 3.56. The lowest BCUT2D eigenvalue weighted by atomic mass is 9.69. The van der Waals surface area contributed by atoms with Crippen LogP contribution in [0.1, 0.15) is 38.7 Å². The molecule has 1 aliphatic rings. The van der Waals surface area contributed by atoms with Crippen molar-refractivity contribution in [3.63, 3.8) is 0 Å². The highest BCUT2D eigenvalue weighted by Gasteiger charge is 2.39. The smallest absolute Gasteiger partial charge is 0.0523 e. The topological polar surface area (TPSA) is 38.0 Å². The van der Waals surface area contributed by atoms with Gasteiger partial charge < -0.3 is 11.1 Å². The minimum absolute atomic E-state index is 0.0749. The SMILES string of the molecule is Cc1cccc(NC2(CN)CC(C)CCC2C)c1. The highest BCUT2D eigenvalue weighted by atomic mass is 15.0. The molecule has 18 heavy (non-hydrogen) atoms. The summed E-state index contributed by atoms with van der Waals surface area (Å²) < 4.78 is 0. The molecule has 3 N–H and O–H groups in total. The van der Waals surface area contributed by atoms with E-state index >= 15 is 0 Å². The summed E-state index contributed by atoms with van der Waals surface area (Å²) in [5, 5.41) is 3.74. The molecule has 1 fully saturated rings. The van der Waals surface area contributed by atoms with E-state index < -0.39 is 0 Å². The molecule has 1 aliphatic carbocycles. The highest BCUT2D eigenvalue weighted by molar-refractivity contribution is 5.48. The van der Waals surface area contributed by atoms with Crippen LogP contribution in [0.5, 0.6) is 0 Å². The minimum Gasteiger partial charge on any atom is -0.378 e. The molecular formula is C16H26N2. The van der Waals surface area contributed by atoms with Crippen molar-refractivity contribution in [1.82, 2.24) is 0 Å². The Hall–Kier alpha value is -1.02. The lowest BCUT2D eigenvalue weighted by Gasteiger charge is -2.45. The van der Waals surface area contributed by atoms with Gasteiger partial charge in [-0.2, -0.15) is 0 Å². The second kappa shape index (κ2) is 5.31. The van der Waals surface area contributed by atoms with Gasteiger partial charge in [-0.25, -0.2) is 0 Å². The Morgan fingerprint density at radius 3 is 2.78 bits per heavy atom. The molecule has 0 amide bonds. The van der Waals surface area contributed by atoms with Gasteiger partial charge in [0.1, 0.15) is 0 Å². The third-order valence-electron chi connectivity index (χ3n) is 4.52. The van der Waals surface area contributed by atoms with E-state index in [9.17, 15) is 0 Å². The van der Waals surface area contributed by atoms with E-state index in [2.05, 4.69) is 50.4 Å². The summed E-state index contributed by atoms with van der Waals surface area (Å²) in [6, 6.07) is 8.60. The molecule has 0 spiro atoms. The van der Waals surface area contributed by atoms with Crippen molar-refractivity contribution in [1.29, 1.82) is 0 Å². The van der Waals surface area contributed by atoms with Gasteiger partial charge in [0.15, 0.2) is 0 Å². The molecule has 0 bridgehead atoms. The van der Waals surface area contributed by atoms with Crippen molar-refractivity contribution < 1.29 is 0 Å². The summed E-state index contributed by atoms with van der Waals surface area (Å²) in [6.45, 7) is 7.52. The van der Waals surface area contributed by atoms with E-state index in [1.807, 2.05) is 0 Å². The van der Waals surface area contributed by atoms with E-state index in [-0.39, 0.29) is 5.54 Å². The molecule has 2 heteroatoms. The molecule has 0 aromatic heterocycles. The molecule has 3 unspecified atom stereocenters. The monoisotopic (exact) mass is 246 g/mol. The Bertz CT molecular complexity index is 402. The van der Waals surface area contributed by atoms with Crippen molar-refractivity contribution in [2.75, 3.05) is 11.9 Å². The average Bonchev–Trinajstić information content (AvgIpc) is 2.34. The lowest BCUT2D eigenvalue weighted by molar-refractivity contribution is 0.188. The first-order valence-electron chi connectivity index (χ1n) is 7.10. The third-order valence-corrected chi connectivity index (χ3v) is 4.52. The second-order valence-corrected chi connectivity index (χ2v) is 6.14. The predicted molar refractivity (Wildman–Crippen MR) is 78.8 cm³/mol. The van der Waals surface area contributed by atoms with Crippen molar-refractivity contribution in [2.45, 2.75) is 45.6 Å². The Balaban J connectivity index is 2.21.